The van der Waals surface area contributed by atoms with Gasteiger partial charge in [0.05, 0.1) is 5.01 Å². The average molecular weight is 438 g/mol. The minimum absolute atomic E-state index is 0.295. The summed E-state index contributed by atoms with van der Waals surface area (Å²) in [5.41, 5.74) is -1.43. The number of rotatable bonds is 8. The highest BCUT2D eigenvalue weighted by Crippen LogP contribution is 2.30. The zero-order valence-corrected chi connectivity index (χ0v) is 18.3. The van der Waals surface area contributed by atoms with E-state index in [1.807, 2.05) is 34.6 Å². The number of nitrogens with zero attached hydrogens (tertiary/aromatic N) is 3. The van der Waals surface area contributed by atoms with Crippen LogP contribution in [0.5, 0.6) is 0 Å². The number of guanidine groups is 1. The normalized spacial score (nSPS) is 12.6. The molecule has 0 radical (unpaired) electrons. The quantitative estimate of drug-likeness (QED) is 0.481. The number of halogens is 3. The molecule has 0 unspecified atom stereocenters. The number of thiazole rings is 1. The first-order chi connectivity index (χ1) is 13.5. The molecule has 1 aromatic rings. The summed E-state index contributed by atoms with van der Waals surface area (Å²) in [6.07, 6.45) is -4.49. The summed E-state index contributed by atoms with van der Waals surface area (Å²) < 4.78 is 43.1. The monoisotopic (exact) mass is 437 g/mol. The maximum atomic E-state index is 12.6. The first-order valence-corrected chi connectivity index (χ1v) is 10.4. The Balaban J connectivity index is 2.53. The highest BCUT2D eigenvalue weighted by Gasteiger charge is 2.33. The molecule has 1 aromatic heterocycles. The summed E-state index contributed by atoms with van der Waals surface area (Å²) in [5, 5.41) is 7.58. The third-order valence-corrected chi connectivity index (χ3v) is 4.40. The van der Waals surface area contributed by atoms with Gasteiger partial charge in [0.15, 0.2) is 11.7 Å². The van der Waals surface area contributed by atoms with Crippen molar-refractivity contribution < 1.29 is 22.7 Å². The summed E-state index contributed by atoms with van der Waals surface area (Å²) in [6, 6.07) is 0. The number of aliphatic imine (C=N–C) groups is 1. The molecule has 0 bridgehead atoms. The Kier molecular flexibility index (Phi) is 9.67. The molecule has 0 atom stereocenters. The SMILES string of the molecule is CCNC(=NCCc1nc(C(F)(F)F)cs1)NCCN(CC)C(=O)OC(C)(C)C. The van der Waals surface area contributed by atoms with Gasteiger partial charge in [-0.3, -0.25) is 4.99 Å². The van der Waals surface area contributed by atoms with E-state index in [9.17, 15) is 18.0 Å². The number of carbonyl (C=O) groups excluding carboxylic acids is 1. The molecule has 7 nitrogen and oxygen atoms in total. The first-order valence-electron chi connectivity index (χ1n) is 9.48. The lowest BCUT2D eigenvalue weighted by Gasteiger charge is -2.26. The molecule has 0 aliphatic rings. The highest BCUT2D eigenvalue weighted by atomic mass is 32.1. The number of likely N-dealkylation sites (N-methyl/N-ethyl adjacent to an activating group) is 1. The number of aromatic nitrogens is 1. The van der Waals surface area contributed by atoms with E-state index in [4.69, 9.17) is 4.74 Å². The molecule has 0 aromatic carbocycles. The Bertz CT molecular complexity index is 671. The van der Waals surface area contributed by atoms with Gasteiger partial charge in [-0.15, -0.1) is 11.3 Å². The van der Waals surface area contributed by atoms with E-state index in [2.05, 4.69) is 20.6 Å². The number of nitrogens with one attached hydrogen (secondary N) is 2. The molecule has 0 aliphatic heterocycles. The van der Waals surface area contributed by atoms with Crippen LogP contribution in [0.2, 0.25) is 0 Å². The van der Waals surface area contributed by atoms with Crippen molar-refractivity contribution in [2.24, 2.45) is 4.99 Å². The van der Waals surface area contributed by atoms with Crippen molar-refractivity contribution in [3.05, 3.63) is 16.1 Å². The van der Waals surface area contributed by atoms with E-state index < -0.39 is 17.5 Å². The maximum absolute atomic E-state index is 12.6. The lowest BCUT2D eigenvalue weighted by atomic mass is 10.2. The average Bonchev–Trinajstić information content (AvgIpc) is 3.06. The van der Waals surface area contributed by atoms with E-state index in [0.717, 1.165) is 16.7 Å². The Morgan fingerprint density at radius 2 is 1.97 bits per heavy atom. The second-order valence-corrected chi connectivity index (χ2v) is 8.06. The number of hydrogen-bond donors (Lipinski definition) is 2. The van der Waals surface area contributed by atoms with Crippen molar-refractivity contribution in [2.45, 2.75) is 52.8 Å². The van der Waals surface area contributed by atoms with Crippen LogP contribution in [0.3, 0.4) is 0 Å². The Hall–Kier alpha value is -2.04. The number of ether oxygens (including phenoxy) is 1. The number of hydrogen-bond acceptors (Lipinski definition) is 5. The highest BCUT2D eigenvalue weighted by molar-refractivity contribution is 7.09. The first kappa shape index (κ1) is 25.0. The van der Waals surface area contributed by atoms with E-state index in [0.29, 0.717) is 50.1 Å². The fourth-order valence-corrected chi connectivity index (χ4v) is 2.97. The molecule has 1 amide bonds. The van der Waals surface area contributed by atoms with Crippen LogP contribution in [0.15, 0.2) is 10.4 Å². The molecule has 0 saturated carbocycles. The van der Waals surface area contributed by atoms with Gasteiger partial charge in [-0.1, -0.05) is 0 Å². The van der Waals surface area contributed by atoms with Crippen LogP contribution in [0, 0.1) is 0 Å². The molecule has 0 aliphatic carbocycles. The topological polar surface area (TPSA) is 78.9 Å². The van der Waals surface area contributed by atoms with Gasteiger partial charge in [0, 0.05) is 44.5 Å². The van der Waals surface area contributed by atoms with Crippen LogP contribution < -0.4 is 10.6 Å². The van der Waals surface area contributed by atoms with Crippen LogP contribution in [0.25, 0.3) is 0 Å². The van der Waals surface area contributed by atoms with Gasteiger partial charge in [0.25, 0.3) is 0 Å². The fraction of sp³-hybridized carbons (Fsp3) is 0.722. The molecule has 2 N–H and O–H groups in total. The molecule has 29 heavy (non-hydrogen) atoms. The van der Waals surface area contributed by atoms with E-state index in [-0.39, 0.29) is 6.09 Å². The molecule has 0 spiro atoms. The second-order valence-electron chi connectivity index (χ2n) is 7.12. The predicted octanol–water partition coefficient (Wildman–Crippen LogP) is 3.52. The van der Waals surface area contributed by atoms with Gasteiger partial charge in [0.2, 0.25) is 0 Å². The zero-order chi connectivity index (χ0) is 22.1. The van der Waals surface area contributed by atoms with Gasteiger partial charge in [-0.05, 0) is 34.6 Å². The van der Waals surface area contributed by atoms with Crippen LogP contribution in [0.4, 0.5) is 18.0 Å². The lowest BCUT2D eigenvalue weighted by Crippen LogP contribution is -2.44. The summed E-state index contributed by atoms with van der Waals surface area (Å²) in [5.74, 6) is 0.528. The van der Waals surface area contributed by atoms with Crippen LogP contribution in [-0.4, -0.2) is 60.3 Å². The zero-order valence-electron chi connectivity index (χ0n) is 17.5. The van der Waals surface area contributed by atoms with E-state index in [1.54, 1.807) is 4.90 Å². The summed E-state index contributed by atoms with van der Waals surface area (Å²) in [7, 11) is 0. The molecule has 166 valence electrons. The maximum Gasteiger partial charge on any atom is 0.434 e. The van der Waals surface area contributed by atoms with E-state index in [1.165, 1.54) is 0 Å². The Labute approximate surface area is 173 Å². The van der Waals surface area contributed by atoms with E-state index >= 15 is 0 Å². The summed E-state index contributed by atoms with van der Waals surface area (Å²) in [6.45, 7) is 11.5. The van der Waals surface area contributed by atoms with Crippen molar-refractivity contribution in [3.8, 4) is 0 Å². The van der Waals surface area contributed by atoms with Gasteiger partial charge in [-0.25, -0.2) is 9.78 Å². The largest absolute Gasteiger partial charge is 0.444 e. The minimum atomic E-state index is -4.42. The molecule has 11 heteroatoms. The number of amides is 1. The van der Waals surface area contributed by atoms with Crippen molar-refractivity contribution in [1.29, 1.82) is 0 Å². The summed E-state index contributed by atoms with van der Waals surface area (Å²) >= 11 is 0.975. The number of carbonyl (C=O) groups is 1. The standard InChI is InChI=1S/C18H30F3N5O2S/c1-6-22-15(23-9-8-14-25-13(12-29-14)18(19,20)21)24-10-11-26(7-2)16(27)28-17(3,4)5/h12H,6-11H2,1-5H3,(H2,22,23,24). The smallest absolute Gasteiger partial charge is 0.434 e. The van der Waals surface area contributed by atoms with Crippen LogP contribution in [0.1, 0.15) is 45.3 Å². The molecule has 1 rings (SSSR count). The Morgan fingerprint density at radius 3 is 2.48 bits per heavy atom. The van der Waals surface area contributed by atoms with Crippen molar-refractivity contribution in [2.75, 3.05) is 32.7 Å². The molecular formula is C18H30F3N5O2S. The fourth-order valence-electron chi connectivity index (χ4n) is 2.18. The minimum Gasteiger partial charge on any atom is -0.444 e. The van der Waals surface area contributed by atoms with Gasteiger partial charge < -0.3 is 20.3 Å². The van der Waals surface area contributed by atoms with Gasteiger partial charge >= 0.3 is 12.3 Å². The predicted molar refractivity (Wildman–Crippen MR) is 108 cm³/mol. The number of alkyl halides is 3. The molecule has 0 fully saturated rings. The van der Waals surface area contributed by atoms with Crippen molar-refractivity contribution in [1.82, 2.24) is 20.5 Å². The molecule has 1 heterocycles. The van der Waals surface area contributed by atoms with Crippen molar-refractivity contribution >= 4 is 23.4 Å². The van der Waals surface area contributed by atoms with Crippen LogP contribution >= 0.6 is 11.3 Å². The third-order valence-electron chi connectivity index (χ3n) is 3.49. The lowest BCUT2D eigenvalue weighted by molar-refractivity contribution is -0.140. The third kappa shape index (κ3) is 9.82. The van der Waals surface area contributed by atoms with Gasteiger partial charge in [-0.2, -0.15) is 13.2 Å². The van der Waals surface area contributed by atoms with Crippen molar-refractivity contribution in [3.63, 3.8) is 0 Å². The molecular weight excluding hydrogens is 407 g/mol. The Morgan fingerprint density at radius 1 is 1.28 bits per heavy atom. The van der Waals surface area contributed by atoms with Gasteiger partial charge in [0.1, 0.15) is 5.60 Å². The molecule has 0 saturated heterocycles. The van der Waals surface area contributed by atoms with Crippen LogP contribution in [-0.2, 0) is 17.3 Å². The second kappa shape index (κ2) is 11.2. The summed E-state index contributed by atoms with van der Waals surface area (Å²) in [4.78, 5) is 21.7.